The van der Waals surface area contributed by atoms with E-state index in [0.29, 0.717) is 13.0 Å². The van der Waals surface area contributed by atoms with Gasteiger partial charge in [-0.25, -0.2) is 17.9 Å². The molecule has 0 amide bonds. The Labute approximate surface area is 132 Å². The average molecular weight is 374 g/mol. The van der Waals surface area contributed by atoms with Crippen molar-refractivity contribution < 1.29 is 18.3 Å². The molecule has 1 aromatic rings. The first-order valence-electron chi connectivity index (χ1n) is 6.60. The Kier molecular flexibility index (Phi) is 5.18. The zero-order valence-corrected chi connectivity index (χ0v) is 13.7. The predicted molar refractivity (Wildman–Crippen MR) is 82.8 cm³/mol. The van der Waals surface area contributed by atoms with Crippen molar-refractivity contribution in [1.29, 1.82) is 0 Å². The first-order valence-corrected chi connectivity index (χ1v) is 8.88. The van der Waals surface area contributed by atoms with Crippen LogP contribution in [0.15, 0.2) is 39.2 Å². The molecule has 0 heterocycles. The van der Waals surface area contributed by atoms with Crippen LogP contribution in [0.1, 0.15) is 36.0 Å². The van der Waals surface area contributed by atoms with E-state index >= 15 is 0 Å². The molecule has 21 heavy (non-hydrogen) atoms. The fraction of sp³-hybridized carbons (Fsp3) is 0.357. The van der Waals surface area contributed by atoms with E-state index in [1.165, 1.54) is 23.8 Å². The normalized spacial score (nSPS) is 15.0. The second-order valence-electron chi connectivity index (χ2n) is 4.85. The summed E-state index contributed by atoms with van der Waals surface area (Å²) >= 11 is 3.12. The Morgan fingerprint density at radius 2 is 2.14 bits per heavy atom. The van der Waals surface area contributed by atoms with Gasteiger partial charge in [-0.05, 0) is 59.8 Å². The summed E-state index contributed by atoms with van der Waals surface area (Å²) in [6.45, 7) is 0.349. The van der Waals surface area contributed by atoms with E-state index in [-0.39, 0.29) is 14.9 Å². The first kappa shape index (κ1) is 16.2. The molecule has 1 aliphatic carbocycles. The van der Waals surface area contributed by atoms with Gasteiger partial charge in [0, 0.05) is 11.0 Å². The Morgan fingerprint density at radius 3 is 2.71 bits per heavy atom. The van der Waals surface area contributed by atoms with Gasteiger partial charge < -0.3 is 5.11 Å². The van der Waals surface area contributed by atoms with Crippen LogP contribution in [0.4, 0.5) is 0 Å². The smallest absolute Gasteiger partial charge is 0.335 e. The molecule has 0 spiro atoms. The van der Waals surface area contributed by atoms with Crippen LogP contribution in [0.25, 0.3) is 0 Å². The van der Waals surface area contributed by atoms with E-state index in [9.17, 15) is 13.2 Å². The number of carboxylic acid groups (broad SMARTS) is 1. The second-order valence-corrected chi connectivity index (χ2v) is 7.44. The highest BCUT2D eigenvalue weighted by Crippen LogP contribution is 2.24. The van der Waals surface area contributed by atoms with E-state index in [1.54, 1.807) is 0 Å². The van der Waals surface area contributed by atoms with Gasteiger partial charge in [0.2, 0.25) is 10.0 Å². The number of hydrogen-bond donors (Lipinski definition) is 2. The molecule has 5 nitrogen and oxygen atoms in total. The Bertz CT molecular complexity index is 682. The van der Waals surface area contributed by atoms with Crippen molar-refractivity contribution in [3.8, 4) is 0 Å². The van der Waals surface area contributed by atoms with Crippen molar-refractivity contribution in [2.45, 2.75) is 30.6 Å². The van der Waals surface area contributed by atoms with Crippen molar-refractivity contribution in [3.05, 3.63) is 39.9 Å². The third kappa shape index (κ3) is 4.15. The van der Waals surface area contributed by atoms with Gasteiger partial charge in [0.1, 0.15) is 0 Å². The lowest BCUT2D eigenvalue weighted by molar-refractivity contribution is 0.0696. The highest BCUT2D eigenvalue weighted by molar-refractivity contribution is 9.10. The number of allylic oxidation sites excluding steroid dienone is 1. The number of benzene rings is 1. The van der Waals surface area contributed by atoms with Crippen molar-refractivity contribution >= 4 is 31.9 Å². The molecule has 1 aromatic carbocycles. The molecule has 2 rings (SSSR count). The number of hydrogen-bond acceptors (Lipinski definition) is 3. The third-order valence-electron chi connectivity index (χ3n) is 3.34. The summed E-state index contributed by atoms with van der Waals surface area (Å²) in [5.41, 5.74) is 1.33. The van der Waals surface area contributed by atoms with E-state index in [1.807, 2.05) is 0 Å². The zero-order valence-electron chi connectivity index (χ0n) is 11.3. The molecule has 0 bridgehead atoms. The Balaban J connectivity index is 2.06. The molecule has 0 radical (unpaired) electrons. The van der Waals surface area contributed by atoms with Crippen molar-refractivity contribution in [3.63, 3.8) is 0 Å². The summed E-state index contributed by atoms with van der Waals surface area (Å²) in [5.74, 6) is -1.10. The number of rotatable bonds is 6. The van der Waals surface area contributed by atoms with Crippen molar-refractivity contribution in [2.24, 2.45) is 0 Å². The van der Waals surface area contributed by atoms with Gasteiger partial charge in [-0.15, -0.1) is 0 Å². The van der Waals surface area contributed by atoms with Crippen molar-refractivity contribution in [2.75, 3.05) is 6.54 Å². The molecule has 7 heteroatoms. The third-order valence-corrected chi connectivity index (χ3v) is 5.78. The van der Waals surface area contributed by atoms with Gasteiger partial charge in [0.05, 0.1) is 10.5 Å². The van der Waals surface area contributed by atoms with Crippen LogP contribution in [-0.4, -0.2) is 26.0 Å². The van der Waals surface area contributed by atoms with Gasteiger partial charge in [-0.1, -0.05) is 11.6 Å². The van der Waals surface area contributed by atoms with Crippen LogP contribution in [0.2, 0.25) is 0 Å². The minimum Gasteiger partial charge on any atom is -0.478 e. The molecule has 114 valence electrons. The highest BCUT2D eigenvalue weighted by atomic mass is 79.9. The first-order chi connectivity index (χ1) is 9.90. The minimum atomic E-state index is -3.64. The zero-order chi connectivity index (χ0) is 15.5. The molecular formula is C14H16BrNO4S. The highest BCUT2D eigenvalue weighted by Gasteiger charge is 2.19. The van der Waals surface area contributed by atoms with Crippen LogP contribution in [0.5, 0.6) is 0 Å². The molecule has 0 aromatic heterocycles. The number of nitrogens with one attached hydrogen (secondary N) is 1. The maximum atomic E-state index is 12.2. The second kappa shape index (κ2) is 6.72. The van der Waals surface area contributed by atoms with Gasteiger partial charge >= 0.3 is 5.97 Å². The molecule has 0 unspecified atom stereocenters. The van der Waals surface area contributed by atoms with Crippen LogP contribution >= 0.6 is 15.9 Å². The molecule has 0 aliphatic heterocycles. The lowest BCUT2D eigenvalue weighted by atomic mass is 10.2. The van der Waals surface area contributed by atoms with Gasteiger partial charge in [-0.3, -0.25) is 0 Å². The van der Waals surface area contributed by atoms with E-state index in [0.717, 1.165) is 19.3 Å². The standard InChI is InChI=1S/C14H16BrNO4S/c15-12-9-11(14(17)18)5-6-13(12)21(19,20)16-8-7-10-3-1-2-4-10/h3,5-6,9,16H,1-2,4,7-8H2,(H,17,18). The fourth-order valence-electron chi connectivity index (χ4n) is 2.24. The lowest BCUT2D eigenvalue weighted by Crippen LogP contribution is -2.25. The number of carboxylic acids is 1. The van der Waals surface area contributed by atoms with Gasteiger partial charge in [0.25, 0.3) is 0 Å². The maximum Gasteiger partial charge on any atom is 0.335 e. The number of carbonyl (C=O) groups is 1. The monoisotopic (exact) mass is 373 g/mol. The molecular weight excluding hydrogens is 358 g/mol. The summed E-state index contributed by atoms with van der Waals surface area (Å²) in [7, 11) is -3.64. The molecule has 2 N–H and O–H groups in total. The predicted octanol–water partition coefficient (Wildman–Crippen LogP) is 2.93. The summed E-state index contributed by atoms with van der Waals surface area (Å²) in [6, 6.07) is 3.86. The Morgan fingerprint density at radius 1 is 1.38 bits per heavy atom. The lowest BCUT2D eigenvalue weighted by Gasteiger charge is -2.09. The Hall–Kier alpha value is -1.18. The molecule has 0 atom stereocenters. The largest absolute Gasteiger partial charge is 0.478 e. The summed E-state index contributed by atoms with van der Waals surface area (Å²) < 4.78 is 27.2. The quantitative estimate of drug-likeness (QED) is 0.750. The summed E-state index contributed by atoms with van der Waals surface area (Å²) in [6.07, 6.45) is 6.13. The molecule has 1 aliphatic rings. The minimum absolute atomic E-state index is 0.0388. The number of halogens is 1. The van der Waals surface area contributed by atoms with E-state index in [2.05, 4.69) is 26.7 Å². The number of aromatic carboxylic acids is 1. The van der Waals surface area contributed by atoms with E-state index < -0.39 is 16.0 Å². The summed E-state index contributed by atoms with van der Waals surface area (Å²) in [5, 5.41) is 8.87. The topological polar surface area (TPSA) is 83.5 Å². The molecule has 0 saturated carbocycles. The SMILES string of the molecule is O=C(O)c1ccc(S(=O)(=O)NCCC2=CCCC2)c(Br)c1. The van der Waals surface area contributed by atoms with Crippen LogP contribution in [0.3, 0.4) is 0 Å². The molecule has 0 saturated heterocycles. The summed E-state index contributed by atoms with van der Waals surface area (Å²) in [4.78, 5) is 10.9. The number of sulfonamides is 1. The van der Waals surface area contributed by atoms with Gasteiger partial charge in [0.15, 0.2) is 0 Å². The van der Waals surface area contributed by atoms with E-state index in [4.69, 9.17) is 5.11 Å². The average Bonchev–Trinajstić information content (AvgIpc) is 2.91. The van der Waals surface area contributed by atoms with Crippen LogP contribution < -0.4 is 4.72 Å². The van der Waals surface area contributed by atoms with Crippen LogP contribution in [-0.2, 0) is 10.0 Å². The van der Waals surface area contributed by atoms with Crippen molar-refractivity contribution in [1.82, 2.24) is 4.72 Å². The maximum absolute atomic E-state index is 12.2. The van der Waals surface area contributed by atoms with Gasteiger partial charge in [-0.2, -0.15) is 0 Å². The fourth-order valence-corrected chi connectivity index (χ4v) is 4.35. The van der Waals surface area contributed by atoms with Crippen LogP contribution in [0, 0.1) is 0 Å². The molecule has 0 fully saturated rings.